The van der Waals surface area contributed by atoms with Crippen molar-refractivity contribution in [3.8, 4) is 0 Å². The highest BCUT2D eigenvalue weighted by atomic mass is 16.5. The first-order chi connectivity index (χ1) is 30.0. The molecule has 0 saturated heterocycles. The van der Waals surface area contributed by atoms with Gasteiger partial charge in [-0.05, 0) is 70.6 Å². The molecule has 0 aliphatic carbocycles. The Morgan fingerprint density at radius 1 is 0.459 bits per heavy atom. The molecule has 0 rings (SSSR count). The van der Waals surface area contributed by atoms with Gasteiger partial charge >= 0.3 is 5.97 Å². The summed E-state index contributed by atoms with van der Waals surface area (Å²) in [6.45, 7) is 6.46. The lowest BCUT2D eigenvalue weighted by Gasteiger charge is -2.24. The summed E-state index contributed by atoms with van der Waals surface area (Å²) in [7, 11) is 0. The normalized spacial score (nSPS) is 13.3. The highest BCUT2D eigenvalue weighted by Gasteiger charge is 2.24. The smallest absolute Gasteiger partial charge is 0.306 e. The Kier molecular flexibility index (Phi) is 48.0. The van der Waals surface area contributed by atoms with E-state index in [1.165, 1.54) is 186 Å². The predicted molar refractivity (Wildman–Crippen MR) is 264 cm³/mol. The zero-order chi connectivity index (χ0) is 44.5. The third-order valence-electron chi connectivity index (χ3n) is 12.5. The summed E-state index contributed by atoms with van der Waals surface area (Å²) < 4.78 is 5.93. The van der Waals surface area contributed by atoms with Crippen LogP contribution in [0.4, 0.5) is 0 Å². The van der Waals surface area contributed by atoms with Crippen molar-refractivity contribution >= 4 is 11.9 Å². The Morgan fingerprint density at radius 3 is 1.21 bits per heavy atom. The molecule has 0 radical (unpaired) electrons. The van der Waals surface area contributed by atoms with E-state index in [2.05, 4.69) is 50.4 Å². The lowest BCUT2D eigenvalue weighted by atomic mass is 10.0. The summed E-state index contributed by atoms with van der Waals surface area (Å²) in [5.74, 6) is -0.476. The van der Waals surface area contributed by atoms with Crippen molar-refractivity contribution < 1.29 is 24.5 Å². The van der Waals surface area contributed by atoms with Gasteiger partial charge in [0.1, 0.15) is 6.10 Å². The van der Waals surface area contributed by atoms with E-state index < -0.39 is 18.2 Å². The van der Waals surface area contributed by atoms with Crippen molar-refractivity contribution in [3.05, 3.63) is 24.3 Å². The van der Waals surface area contributed by atoms with Crippen LogP contribution in [0.25, 0.3) is 0 Å². The summed E-state index contributed by atoms with van der Waals surface area (Å²) in [5, 5.41) is 23.8. The van der Waals surface area contributed by atoms with Crippen LogP contribution >= 0.6 is 0 Å². The summed E-state index contributed by atoms with van der Waals surface area (Å²) in [5.41, 5.74) is 0. The monoisotopic (exact) mass is 860 g/mol. The zero-order valence-electron chi connectivity index (χ0n) is 41.1. The van der Waals surface area contributed by atoms with Crippen LogP contribution in [0, 0.1) is 0 Å². The van der Waals surface area contributed by atoms with E-state index in [4.69, 9.17) is 4.74 Å². The van der Waals surface area contributed by atoms with Crippen LogP contribution < -0.4 is 5.32 Å². The predicted octanol–water partition coefficient (Wildman–Crippen LogP) is 16.3. The number of hydrogen-bond acceptors (Lipinski definition) is 5. The van der Waals surface area contributed by atoms with Crippen molar-refractivity contribution in [1.29, 1.82) is 0 Å². The van der Waals surface area contributed by atoms with Gasteiger partial charge in [-0.3, -0.25) is 9.59 Å². The molecule has 0 fully saturated rings. The van der Waals surface area contributed by atoms with Gasteiger partial charge in [0.15, 0.2) is 0 Å². The third kappa shape index (κ3) is 44.7. The molecule has 3 unspecified atom stereocenters. The number of nitrogens with one attached hydrogen (secondary N) is 1. The third-order valence-corrected chi connectivity index (χ3v) is 12.5. The number of unbranched alkanes of at least 4 members (excludes halogenated alkanes) is 33. The van der Waals surface area contributed by atoms with Gasteiger partial charge < -0.3 is 20.3 Å². The van der Waals surface area contributed by atoms with Crippen molar-refractivity contribution in [2.75, 3.05) is 6.61 Å². The lowest BCUT2D eigenvalue weighted by molar-refractivity contribution is -0.151. The fraction of sp³-hybridized carbons (Fsp3) is 0.891. The van der Waals surface area contributed by atoms with E-state index in [9.17, 15) is 19.8 Å². The van der Waals surface area contributed by atoms with Gasteiger partial charge in [-0.25, -0.2) is 0 Å². The fourth-order valence-corrected chi connectivity index (χ4v) is 8.35. The van der Waals surface area contributed by atoms with E-state index in [1.807, 2.05) is 0 Å². The van der Waals surface area contributed by atoms with Gasteiger partial charge in [0, 0.05) is 6.42 Å². The van der Waals surface area contributed by atoms with E-state index >= 15 is 0 Å². The molecule has 3 N–H and O–H groups in total. The van der Waals surface area contributed by atoms with Gasteiger partial charge in [0.2, 0.25) is 5.91 Å². The lowest BCUT2D eigenvalue weighted by Crippen LogP contribution is -2.46. The molecule has 360 valence electrons. The van der Waals surface area contributed by atoms with Crippen molar-refractivity contribution in [2.24, 2.45) is 0 Å². The van der Waals surface area contributed by atoms with Gasteiger partial charge in [-0.1, -0.05) is 231 Å². The molecule has 3 atom stereocenters. The van der Waals surface area contributed by atoms with E-state index in [1.54, 1.807) is 0 Å². The number of ether oxygens (including phenoxy) is 1. The largest absolute Gasteiger partial charge is 0.462 e. The van der Waals surface area contributed by atoms with Crippen LogP contribution in [-0.4, -0.2) is 46.9 Å². The number of amides is 1. The number of rotatable bonds is 49. The summed E-state index contributed by atoms with van der Waals surface area (Å²) in [6.07, 6.45) is 56.7. The van der Waals surface area contributed by atoms with Gasteiger partial charge in [-0.2, -0.15) is 0 Å². The first-order valence-corrected chi connectivity index (χ1v) is 27.1. The maximum atomic E-state index is 13.2. The molecule has 6 heteroatoms. The summed E-state index contributed by atoms with van der Waals surface area (Å²) >= 11 is 0. The van der Waals surface area contributed by atoms with Crippen LogP contribution in [-0.2, 0) is 14.3 Å². The van der Waals surface area contributed by atoms with Gasteiger partial charge in [-0.15, -0.1) is 0 Å². The van der Waals surface area contributed by atoms with E-state index in [-0.39, 0.29) is 24.9 Å². The Labute approximate surface area is 380 Å². The molecule has 6 nitrogen and oxygen atoms in total. The molecule has 0 aromatic carbocycles. The number of esters is 1. The maximum absolute atomic E-state index is 13.2. The first-order valence-electron chi connectivity index (χ1n) is 27.1. The molecule has 0 aliphatic heterocycles. The Bertz CT molecular complexity index is 966. The van der Waals surface area contributed by atoms with E-state index in [0.717, 1.165) is 57.8 Å². The van der Waals surface area contributed by atoms with Crippen LogP contribution in [0.1, 0.15) is 290 Å². The highest BCUT2D eigenvalue weighted by Crippen LogP contribution is 2.18. The summed E-state index contributed by atoms with van der Waals surface area (Å²) in [6, 6.07) is -0.700. The molecule has 0 aromatic rings. The quantitative estimate of drug-likeness (QED) is 0.0322. The first kappa shape index (κ1) is 59.3. The van der Waals surface area contributed by atoms with Crippen molar-refractivity contribution in [3.63, 3.8) is 0 Å². The second kappa shape index (κ2) is 49.4. The average molecular weight is 860 g/mol. The number of carbonyl (C=O) groups excluding carboxylic acids is 2. The molecule has 0 aliphatic rings. The number of aliphatic hydroxyl groups excluding tert-OH is 2. The Hall–Kier alpha value is -1.66. The zero-order valence-corrected chi connectivity index (χ0v) is 41.1. The minimum atomic E-state index is -0.787. The molecule has 61 heavy (non-hydrogen) atoms. The number of allylic oxidation sites excluding steroid dienone is 4. The van der Waals surface area contributed by atoms with Crippen molar-refractivity contribution in [1.82, 2.24) is 5.32 Å². The molecule has 0 spiro atoms. The second-order valence-corrected chi connectivity index (χ2v) is 18.6. The van der Waals surface area contributed by atoms with Crippen LogP contribution in [0.15, 0.2) is 24.3 Å². The topological polar surface area (TPSA) is 95.9 Å². The van der Waals surface area contributed by atoms with Gasteiger partial charge in [0.05, 0.1) is 25.2 Å². The average Bonchev–Trinajstić information content (AvgIpc) is 3.25. The van der Waals surface area contributed by atoms with Gasteiger partial charge in [0.25, 0.3) is 0 Å². The molecule has 1 amide bonds. The van der Waals surface area contributed by atoms with Crippen molar-refractivity contribution in [2.45, 2.75) is 309 Å². The number of hydrogen-bond donors (Lipinski definition) is 3. The summed E-state index contributed by atoms with van der Waals surface area (Å²) in [4.78, 5) is 26.1. The second-order valence-electron chi connectivity index (χ2n) is 18.6. The minimum absolute atomic E-state index is 0.0754. The fourth-order valence-electron chi connectivity index (χ4n) is 8.35. The number of aliphatic hydroxyl groups is 2. The molecular formula is C55H105NO5. The Morgan fingerprint density at radius 2 is 0.803 bits per heavy atom. The van der Waals surface area contributed by atoms with Crippen LogP contribution in [0.5, 0.6) is 0 Å². The Balaban J connectivity index is 4.53. The molecule has 0 bridgehead atoms. The maximum Gasteiger partial charge on any atom is 0.306 e. The molecule has 0 saturated carbocycles. The van der Waals surface area contributed by atoms with E-state index in [0.29, 0.717) is 19.3 Å². The number of carbonyl (C=O) groups is 2. The highest BCUT2D eigenvalue weighted by molar-refractivity contribution is 5.77. The van der Waals surface area contributed by atoms with Crippen LogP contribution in [0.2, 0.25) is 0 Å². The minimum Gasteiger partial charge on any atom is -0.462 e. The molecule has 0 heterocycles. The molecular weight excluding hydrogens is 755 g/mol. The SMILES string of the molecule is CCCC/C=C\CCCCCCCC(=O)OC(CCCCCCCCC/C=C/CCCCCCCC)CC(=O)NC(CO)C(O)CCCCCCCCCCCCCCCC. The van der Waals surface area contributed by atoms with Crippen LogP contribution in [0.3, 0.4) is 0 Å². The standard InChI is InChI=1S/C55H105NO5/c1-4-7-10-13-16-19-22-24-26-27-28-29-32-34-37-40-43-46-51(61-55(60)48-45-42-39-36-31-21-18-15-12-9-6-3)49-54(59)56-52(50-57)53(58)47-44-41-38-35-33-30-25-23-20-17-14-11-8-5-2/h15,18,24,26,51-53,57-58H,4-14,16-17,19-23,25,27-50H2,1-3H3,(H,56,59)/b18-15-,26-24+. The molecule has 0 aromatic heterocycles.